The molecule has 0 atom stereocenters. The van der Waals surface area contributed by atoms with Gasteiger partial charge in [0.1, 0.15) is 0 Å². The first-order valence-corrected chi connectivity index (χ1v) is 7.79. The van der Waals surface area contributed by atoms with E-state index >= 15 is 0 Å². The van der Waals surface area contributed by atoms with Crippen LogP contribution in [0, 0.1) is 0 Å². The zero-order chi connectivity index (χ0) is 15.2. The number of halogens is 3. The van der Waals surface area contributed by atoms with E-state index in [1.807, 2.05) is 24.3 Å². The van der Waals surface area contributed by atoms with Gasteiger partial charge in [0.15, 0.2) is 0 Å². The van der Waals surface area contributed by atoms with Crippen molar-refractivity contribution in [2.75, 3.05) is 0 Å². The van der Waals surface area contributed by atoms with Gasteiger partial charge in [-0.1, -0.05) is 39.8 Å². The number of carbonyl (C=O) groups is 1. The molecule has 2 rings (SSSR count). The molecule has 2 aromatic rings. The highest BCUT2D eigenvalue weighted by atomic mass is 79.9. The minimum Gasteiger partial charge on any atom is -0.348 e. The van der Waals surface area contributed by atoms with Crippen LogP contribution in [0.4, 0.5) is 8.78 Å². The molecule has 6 heteroatoms. The predicted octanol–water partition coefficient (Wildman–Crippen LogP) is 4.69. The molecule has 0 fully saturated rings. The number of hydrogen-bond acceptors (Lipinski definition) is 2. The molecule has 21 heavy (non-hydrogen) atoms. The maximum absolute atomic E-state index is 12.2. The third-order valence-electron chi connectivity index (χ3n) is 2.68. The third kappa shape index (κ3) is 5.13. The zero-order valence-electron chi connectivity index (χ0n) is 10.9. The summed E-state index contributed by atoms with van der Waals surface area (Å²) in [4.78, 5) is 12.4. The highest BCUT2D eigenvalue weighted by molar-refractivity contribution is 9.10. The van der Waals surface area contributed by atoms with E-state index in [-0.39, 0.29) is 5.91 Å². The number of alkyl halides is 2. The smallest absolute Gasteiger partial charge is 0.288 e. The average Bonchev–Trinajstić information content (AvgIpc) is 2.45. The van der Waals surface area contributed by atoms with E-state index in [0.29, 0.717) is 28.8 Å². The Bertz CT molecular complexity index is 619. The molecule has 0 heterocycles. The van der Waals surface area contributed by atoms with E-state index in [9.17, 15) is 13.6 Å². The Labute approximate surface area is 134 Å². The van der Waals surface area contributed by atoms with Gasteiger partial charge in [-0.15, -0.1) is 0 Å². The van der Waals surface area contributed by atoms with Crippen molar-refractivity contribution in [3.63, 3.8) is 0 Å². The molecule has 0 aliphatic carbocycles. The Balaban J connectivity index is 1.94. The van der Waals surface area contributed by atoms with Crippen LogP contribution < -0.4 is 5.32 Å². The van der Waals surface area contributed by atoms with Crippen LogP contribution in [-0.4, -0.2) is 11.7 Å². The van der Waals surface area contributed by atoms with Gasteiger partial charge in [-0.3, -0.25) is 4.79 Å². The minimum absolute atomic E-state index is 0.233. The van der Waals surface area contributed by atoms with Crippen molar-refractivity contribution in [2.45, 2.75) is 17.2 Å². The van der Waals surface area contributed by atoms with Crippen LogP contribution in [0.15, 0.2) is 57.9 Å². The van der Waals surface area contributed by atoms with Gasteiger partial charge in [0, 0.05) is 21.5 Å². The minimum atomic E-state index is -2.46. The van der Waals surface area contributed by atoms with Gasteiger partial charge in [0.05, 0.1) is 0 Å². The summed E-state index contributed by atoms with van der Waals surface area (Å²) in [5.41, 5.74) is 1.42. The standard InChI is InChI=1S/C15H12BrF2NOS/c16-12-3-1-2-10(8-12)9-19-14(20)11-4-6-13(7-5-11)21-15(17)18/h1-8,15H,9H2,(H,19,20). The lowest BCUT2D eigenvalue weighted by Gasteiger charge is -2.07. The summed E-state index contributed by atoms with van der Waals surface area (Å²) in [5, 5.41) is 2.79. The molecule has 0 aliphatic rings. The zero-order valence-corrected chi connectivity index (χ0v) is 13.3. The van der Waals surface area contributed by atoms with E-state index in [2.05, 4.69) is 21.2 Å². The second kappa shape index (κ2) is 7.56. The van der Waals surface area contributed by atoms with E-state index in [4.69, 9.17) is 0 Å². The van der Waals surface area contributed by atoms with Crippen molar-refractivity contribution in [1.82, 2.24) is 5.32 Å². The van der Waals surface area contributed by atoms with Gasteiger partial charge < -0.3 is 5.32 Å². The molecule has 0 saturated heterocycles. The summed E-state index contributed by atoms with van der Waals surface area (Å²) in [6.45, 7) is 0.409. The van der Waals surface area contributed by atoms with Crippen LogP contribution >= 0.6 is 27.7 Å². The second-order valence-electron chi connectivity index (χ2n) is 4.22. The lowest BCUT2D eigenvalue weighted by atomic mass is 10.2. The molecule has 1 N–H and O–H groups in total. The molecule has 0 radical (unpaired) electrons. The summed E-state index contributed by atoms with van der Waals surface area (Å²) in [7, 11) is 0. The first-order valence-electron chi connectivity index (χ1n) is 6.12. The SMILES string of the molecule is O=C(NCc1cccc(Br)c1)c1ccc(SC(F)F)cc1. The van der Waals surface area contributed by atoms with E-state index in [1.54, 1.807) is 12.1 Å². The van der Waals surface area contributed by atoms with Gasteiger partial charge in [0.2, 0.25) is 0 Å². The van der Waals surface area contributed by atoms with E-state index < -0.39 is 5.76 Å². The van der Waals surface area contributed by atoms with Gasteiger partial charge >= 0.3 is 0 Å². The van der Waals surface area contributed by atoms with Crippen LogP contribution in [-0.2, 0) is 6.54 Å². The Morgan fingerprint density at radius 3 is 2.52 bits per heavy atom. The first-order chi connectivity index (χ1) is 10.0. The lowest BCUT2D eigenvalue weighted by molar-refractivity contribution is 0.0951. The van der Waals surface area contributed by atoms with Crippen LogP contribution in [0.2, 0.25) is 0 Å². The molecule has 2 aromatic carbocycles. The summed E-state index contributed by atoms with van der Waals surface area (Å²) in [6, 6.07) is 13.8. The Morgan fingerprint density at radius 2 is 1.90 bits per heavy atom. The average molecular weight is 372 g/mol. The predicted molar refractivity (Wildman–Crippen MR) is 83.6 cm³/mol. The fourth-order valence-corrected chi connectivity index (χ4v) is 2.66. The van der Waals surface area contributed by atoms with Crippen molar-refractivity contribution in [2.24, 2.45) is 0 Å². The molecule has 0 saturated carbocycles. The topological polar surface area (TPSA) is 29.1 Å². The van der Waals surface area contributed by atoms with Crippen molar-refractivity contribution >= 4 is 33.6 Å². The summed E-state index contributed by atoms with van der Waals surface area (Å²) >= 11 is 3.83. The van der Waals surface area contributed by atoms with Crippen molar-refractivity contribution < 1.29 is 13.6 Å². The highest BCUT2D eigenvalue weighted by Gasteiger charge is 2.08. The first kappa shape index (κ1) is 16.0. The summed E-state index contributed by atoms with van der Waals surface area (Å²) < 4.78 is 25.3. The Morgan fingerprint density at radius 1 is 1.19 bits per heavy atom. The van der Waals surface area contributed by atoms with Crippen LogP contribution in [0.25, 0.3) is 0 Å². The molecular formula is C15H12BrF2NOS. The number of hydrogen-bond donors (Lipinski definition) is 1. The summed E-state index contributed by atoms with van der Waals surface area (Å²) in [5.74, 6) is -2.69. The number of rotatable bonds is 5. The highest BCUT2D eigenvalue weighted by Crippen LogP contribution is 2.25. The van der Waals surface area contributed by atoms with Gasteiger partial charge in [0.25, 0.3) is 11.7 Å². The molecule has 0 unspecified atom stereocenters. The molecule has 0 bridgehead atoms. The fourth-order valence-electron chi connectivity index (χ4n) is 1.72. The second-order valence-corrected chi connectivity index (χ2v) is 6.19. The molecular weight excluding hydrogens is 360 g/mol. The number of thioether (sulfide) groups is 1. The number of benzene rings is 2. The van der Waals surface area contributed by atoms with Crippen LogP contribution in [0.5, 0.6) is 0 Å². The Hall–Kier alpha value is -1.40. The largest absolute Gasteiger partial charge is 0.348 e. The normalized spacial score (nSPS) is 10.7. The maximum atomic E-state index is 12.2. The van der Waals surface area contributed by atoms with Gasteiger partial charge in [-0.2, -0.15) is 8.78 Å². The Kier molecular flexibility index (Phi) is 5.76. The molecule has 2 nitrogen and oxygen atoms in total. The fraction of sp³-hybridized carbons (Fsp3) is 0.133. The monoisotopic (exact) mass is 371 g/mol. The number of carbonyl (C=O) groups excluding carboxylic acids is 1. The van der Waals surface area contributed by atoms with Crippen molar-refractivity contribution in [1.29, 1.82) is 0 Å². The van der Waals surface area contributed by atoms with Crippen LogP contribution in [0.3, 0.4) is 0 Å². The van der Waals surface area contributed by atoms with Gasteiger partial charge in [-0.05, 0) is 42.0 Å². The third-order valence-corrected chi connectivity index (χ3v) is 3.90. The molecule has 0 aromatic heterocycles. The molecule has 0 aliphatic heterocycles. The van der Waals surface area contributed by atoms with E-state index in [1.165, 1.54) is 12.1 Å². The molecule has 0 spiro atoms. The van der Waals surface area contributed by atoms with Gasteiger partial charge in [-0.25, -0.2) is 0 Å². The van der Waals surface area contributed by atoms with Crippen LogP contribution in [0.1, 0.15) is 15.9 Å². The molecule has 110 valence electrons. The van der Waals surface area contributed by atoms with Crippen molar-refractivity contribution in [3.05, 3.63) is 64.1 Å². The molecule has 1 amide bonds. The number of amides is 1. The maximum Gasteiger partial charge on any atom is 0.288 e. The van der Waals surface area contributed by atoms with Crippen molar-refractivity contribution in [3.8, 4) is 0 Å². The van der Waals surface area contributed by atoms with E-state index in [0.717, 1.165) is 10.0 Å². The lowest BCUT2D eigenvalue weighted by Crippen LogP contribution is -2.22. The quantitative estimate of drug-likeness (QED) is 0.772. The summed E-state index contributed by atoms with van der Waals surface area (Å²) in [6.07, 6.45) is 0. The number of nitrogens with one attached hydrogen (secondary N) is 1.